The first kappa shape index (κ1) is 7.86. The van der Waals surface area contributed by atoms with Gasteiger partial charge in [-0.15, -0.1) is 11.6 Å². The first-order valence-corrected chi connectivity index (χ1v) is 3.42. The molecule has 1 atom stereocenters. The Bertz CT molecular complexity index is 179. The van der Waals surface area contributed by atoms with E-state index in [0.717, 1.165) is 0 Å². The average Bonchev–Trinajstić information content (AvgIpc) is 1.89. The largest absolute Gasteiger partial charge is 0.478 e. The van der Waals surface area contributed by atoms with Crippen LogP contribution in [0.4, 0.5) is 0 Å². The van der Waals surface area contributed by atoms with Crippen molar-refractivity contribution in [1.82, 2.24) is 0 Å². The van der Waals surface area contributed by atoms with E-state index in [-0.39, 0.29) is 0 Å². The van der Waals surface area contributed by atoms with Crippen LogP contribution in [0.15, 0.2) is 24.3 Å². The quantitative estimate of drug-likeness (QED) is 0.431. The van der Waals surface area contributed by atoms with Crippen molar-refractivity contribution in [3.05, 3.63) is 24.3 Å². The molecule has 0 aromatic heterocycles. The van der Waals surface area contributed by atoms with Crippen molar-refractivity contribution in [2.24, 2.45) is 0 Å². The molecule has 0 spiro atoms. The highest BCUT2D eigenvalue weighted by molar-refractivity contribution is 6.61. The van der Waals surface area contributed by atoms with Crippen LogP contribution in [-0.2, 0) is 0 Å². The molecule has 1 aliphatic rings. The van der Waals surface area contributed by atoms with Crippen LogP contribution in [0.3, 0.4) is 0 Å². The number of alkyl halides is 1. The van der Waals surface area contributed by atoms with E-state index in [4.69, 9.17) is 21.6 Å². The predicted molar refractivity (Wildman–Crippen MR) is 41.7 cm³/mol. The summed E-state index contributed by atoms with van der Waals surface area (Å²) in [7, 11) is -1.49. The summed E-state index contributed by atoms with van der Waals surface area (Å²) in [6, 6.07) is 0. The molecule has 0 fully saturated rings. The van der Waals surface area contributed by atoms with Crippen molar-refractivity contribution in [2.75, 3.05) is 0 Å². The lowest BCUT2D eigenvalue weighted by Gasteiger charge is -2.21. The van der Waals surface area contributed by atoms with Crippen LogP contribution in [-0.4, -0.2) is 21.9 Å². The minimum atomic E-state index is -1.49. The Morgan fingerprint density at radius 3 is 2.40 bits per heavy atom. The predicted octanol–water partition coefficient (Wildman–Crippen LogP) is 0.492. The van der Waals surface area contributed by atoms with Crippen LogP contribution in [0.25, 0.3) is 0 Å². The van der Waals surface area contributed by atoms with Crippen molar-refractivity contribution >= 4 is 18.7 Å². The van der Waals surface area contributed by atoms with Gasteiger partial charge in [-0.3, -0.25) is 0 Å². The maximum atomic E-state index is 8.77. The second-order valence-corrected chi connectivity index (χ2v) is 3.00. The third-order valence-electron chi connectivity index (χ3n) is 1.48. The van der Waals surface area contributed by atoms with Crippen LogP contribution in [0.5, 0.6) is 0 Å². The van der Waals surface area contributed by atoms with E-state index in [1.807, 2.05) is 6.08 Å². The standard InChI is InChI=1S/C6H8BClO2/c8-6(7(9)10)4-2-1-3-5-6/h1-4,9-10H,5H2. The van der Waals surface area contributed by atoms with E-state index in [2.05, 4.69) is 0 Å². The number of hydrogen-bond donors (Lipinski definition) is 2. The molecule has 10 heavy (non-hydrogen) atoms. The lowest BCUT2D eigenvalue weighted by molar-refractivity contribution is 0.387. The summed E-state index contributed by atoms with van der Waals surface area (Å²) >= 11 is 5.77. The van der Waals surface area contributed by atoms with Gasteiger partial charge in [0.2, 0.25) is 0 Å². The maximum Gasteiger partial charge on any atom is 0.478 e. The minimum Gasteiger partial charge on any atom is -0.426 e. The molecular formula is C6H8BClO2. The van der Waals surface area contributed by atoms with Gasteiger partial charge in [-0.05, 0) is 6.42 Å². The molecule has 0 aliphatic heterocycles. The highest BCUT2D eigenvalue weighted by Gasteiger charge is 2.37. The minimum absolute atomic E-state index is 0.461. The van der Waals surface area contributed by atoms with Gasteiger partial charge < -0.3 is 10.0 Å². The Balaban J connectivity index is 2.70. The molecule has 0 saturated heterocycles. The molecule has 1 aliphatic carbocycles. The molecule has 0 saturated carbocycles. The van der Waals surface area contributed by atoms with Crippen LogP contribution >= 0.6 is 11.6 Å². The highest BCUT2D eigenvalue weighted by atomic mass is 35.5. The zero-order valence-electron chi connectivity index (χ0n) is 5.37. The van der Waals surface area contributed by atoms with Crippen molar-refractivity contribution < 1.29 is 10.0 Å². The van der Waals surface area contributed by atoms with Gasteiger partial charge in [0.05, 0.1) is 0 Å². The summed E-state index contributed by atoms with van der Waals surface area (Å²) in [4.78, 5) is 0. The van der Waals surface area contributed by atoms with Crippen LogP contribution in [0.2, 0.25) is 0 Å². The van der Waals surface area contributed by atoms with E-state index in [1.54, 1.807) is 18.2 Å². The fourth-order valence-electron chi connectivity index (χ4n) is 0.802. The molecule has 1 rings (SSSR count). The van der Waals surface area contributed by atoms with Crippen molar-refractivity contribution in [3.8, 4) is 0 Å². The van der Waals surface area contributed by atoms with E-state index in [1.165, 1.54) is 0 Å². The fraction of sp³-hybridized carbons (Fsp3) is 0.333. The zero-order valence-corrected chi connectivity index (χ0v) is 6.12. The van der Waals surface area contributed by atoms with Crippen LogP contribution < -0.4 is 0 Å². The smallest absolute Gasteiger partial charge is 0.426 e. The first-order chi connectivity index (χ1) is 4.65. The van der Waals surface area contributed by atoms with Gasteiger partial charge in [0.25, 0.3) is 0 Å². The Kier molecular flexibility index (Phi) is 2.19. The van der Waals surface area contributed by atoms with Crippen LogP contribution in [0.1, 0.15) is 6.42 Å². The van der Waals surface area contributed by atoms with Gasteiger partial charge >= 0.3 is 7.12 Å². The van der Waals surface area contributed by atoms with Crippen molar-refractivity contribution in [3.63, 3.8) is 0 Å². The molecule has 0 aromatic rings. The maximum absolute atomic E-state index is 8.77. The number of rotatable bonds is 1. The normalized spacial score (nSPS) is 30.7. The van der Waals surface area contributed by atoms with Crippen molar-refractivity contribution in [1.29, 1.82) is 0 Å². The Hall–Kier alpha value is -0.245. The molecule has 0 heterocycles. The zero-order chi connectivity index (χ0) is 7.61. The molecular weight excluding hydrogens is 150 g/mol. The van der Waals surface area contributed by atoms with Gasteiger partial charge in [0.15, 0.2) is 0 Å². The molecule has 2 nitrogen and oxygen atoms in total. The lowest BCUT2D eigenvalue weighted by atomic mass is 9.68. The average molecular weight is 158 g/mol. The first-order valence-electron chi connectivity index (χ1n) is 3.04. The molecule has 54 valence electrons. The van der Waals surface area contributed by atoms with Gasteiger partial charge in [0.1, 0.15) is 4.77 Å². The Morgan fingerprint density at radius 1 is 1.40 bits per heavy atom. The van der Waals surface area contributed by atoms with Crippen LogP contribution in [0, 0.1) is 0 Å². The summed E-state index contributed by atoms with van der Waals surface area (Å²) < 4.78 is -1.01. The topological polar surface area (TPSA) is 40.5 Å². The van der Waals surface area contributed by atoms with E-state index in [0.29, 0.717) is 6.42 Å². The molecule has 1 unspecified atom stereocenters. The van der Waals surface area contributed by atoms with Crippen molar-refractivity contribution in [2.45, 2.75) is 11.2 Å². The fourth-order valence-corrected chi connectivity index (χ4v) is 0.964. The molecule has 0 bridgehead atoms. The molecule has 0 aromatic carbocycles. The lowest BCUT2D eigenvalue weighted by Crippen LogP contribution is -2.39. The summed E-state index contributed by atoms with van der Waals surface area (Å²) in [5.41, 5.74) is 0. The van der Waals surface area contributed by atoms with Gasteiger partial charge in [-0.1, -0.05) is 24.3 Å². The van der Waals surface area contributed by atoms with Gasteiger partial charge in [0, 0.05) is 0 Å². The summed E-state index contributed by atoms with van der Waals surface area (Å²) in [5, 5.41) is 17.5. The highest BCUT2D eigenvalue weighted by Crippen LogP contribution is 2.26. The Morgan fingerprint density at radius 2 is 2.10 bits per heavy atom. The molecule has 2 N–H and O–H groups in total. The summed E-state index contributed by atoms with van der Waals surface area (Å²) in [6.45, 7) is 0. The third-order valence-corrected chi connectivity index (χ3v) is 1.96. The monoisotopic (exact) mass is 158 g/mol. The second-order valence-electron chi connectivity index (χ2n) is 2.29. The van der Waals surface area contributed by atoms with Gasteiger partial charge in [-0.2, -0.15) is 0 Å². The SMILES string of the molecule is OB(O)C1(Cl)C=CC=CC1. The summed E-state index contributed by atoms with van der Waals surface area (Å²) in [6.07, 6.45) is 7.37. The number of allylic oxidation sites excluding steroid dienone is 4. The van der Waals surface area contributed by atoms with E-state index >= 15 is 0 Å². The molecule has 0 amide bonds. The van der Waals surface area contributed by atoms with E-state index in [9.17, 15) is 0 Å². The second kappa shape index (κ2) is 2.78. The van der Waals surface area contributed by atoms with E-state index < -0.39 is 11.9 Å². The summed E-state index contributed by atoms with van der Waals surface area (Å²) in [5.74, 6) is 0. The number of halogens is 1. The van der Waals surface area contributed by atoms with Gasteiger partial charge in [-0.25, -0.2) is 0 Å². The molecule has 4 heteroatoms. The molecule has 0 radical (unpaired) electrons. The Labute approximate surface area is 65.0 Å². The number of hydrogen-bond acceptors (Lipinski definition) is 2. The third kappa shape index (κ3) is 1.43.